The first kappa shape index (κ1) is 14.4. The molecule has 2 saturated heterocycles. The molecule has 0 aromatic heterocycles. The van der Waals surface area contributed by atoms with Crippen molar-refractivity contribution in [2.75, 3.05) is 32.1 Å². The molecule has 0 radical (unpaired) electrons. The molecule has 2 unspecified atom stereocenters. The van der Waals surface area contributed by atoms with Crippen LogP contribution in [-0.4, -0.2) is 49.3 Å². The second-order valence-electron chi connectivity index (χ2n) is 4.77. The maximum absolute atomic E-state index is 12.0. The molecule has 0 aromatic rings. The van der Waals surface area contributed by atoms with Crippen LogP contribution in [0.3, 0.4) is 0 Å². The molecule has 0 aliphatic carbocycles. The molecule has 2 aliphatic heterocycles. The fraction of sp³-hybridized carbons (Fsp3) is 1.00. The van der Waals surface area contributed by atoms with Gasteiger partial charge in [-0.15, -0.1) is 0 Å². The average molecular weight is 285 g/mol. The van der Waals surface area contributed by atoms with E-state index in [0.717, 1.165) is 25.9 Å². The first-order valence-electron chi connectivity index (χ1n) is 6.15. The van der Waals surface area contributed by atoms with Gasteiger partial charge < -0.3 is 14.8 Å². The lowest BCUT2D eigenvalue weighted by molar-refractivity contribution is -0.0890. The van der Waals surface area contributed by atoms with E-state index in [1.807, 2.05) is 0 Å². The van der Waals surface area contributed by atoms with Crippen molar-refractivity contribution in [3.63, 3.8) is 0 Å². The molecule has 0 bridgehead atoms. The Morgan fingerprint density at radius 1 is 1.33 bits per heavy atom. The summed E-state index contributed by atoms with van der Waals surface area (Å²) in [5.41, 5.74) is -4.31. The Hall–Kier alpha value is 0.0200. The minimum Gasteiger partial charge on any atom is -0.378 e. The van der Waals surface area contributed by atoms with Crippen LogP contribution >= 0.6 is 11.8 Å². The highest BCUT2D eigenvalue weighted by Crippen LogP contribution is 2.33. The van der Waals surface area contributed by atoms with Crippen molar-refractivity contribution in [3.8, 4) is 0 Å². The molecule has 2 atom stereocenters. The van der Waals surface area contributed by atoms with E-state index >= 15 is 0 Å². The number of nitrogens with one attached hydrogen (secondary N) is 1. The first-order valence-corrected chi connectivity index (χ1v) is 7.13. The maximum Gasteiger partial charge on any atom is 0.441 e. The van der Waals surface area contributed by atoms with E-state index in [0.29, 0.717) is 19.8 Å². The first-order chi connectivity index (χ1) is 8.49. The Bertz CT molecular complexity index is 270. The third-order valence-electron chi connectivity index (χ3n) is 3.36. The molecule has 2 fully saturated rings. The topological polar surface area (TPSA) is 30.5 Å². The molecule has 0 saturated carbocycles. The van der Waals surface area contributed by atoms with Crippen molar-refractivity contribution >= 4 is 11.8 Å². The number of ether oxygens (including phenoxy) is 2. The van der Waals surface area contributed by atoms with Gasteiger partial charge in [-0.1, -0.05) is 0 Å². The predicted octanol–water partition coefficient (Wildman–Crippen LogP) is 2.17. The van der Waals surface area contributed by atoms with Crippen molar-refractivity contribution in [2.45, 2.75) is 36.4 Å². The second-order valence-corrected chi connectivity index (χ2v) is 5.93. The van der Waals surface area contributed by atoms with Gasteiger partial charge in [0.05, 0.1) is 12.2 Å². The molecule has 0 amide bonds. The highest BCUT2D eigenvalue weighted by atomic mass is 32.2. The number of alkyl halides is 3. The van der Waals surface area contributed by atoms with Crippen molar-refractivity contribution < 1.29 is 22.6 Å². The van der Waals surface area contributed by atoms with E-state index in [1.54, 1.807) is 0 Å². The molecule has 0 aromatic carbocycles. The number of hydrogen-bond acceptors (Lipinski definition) is 4. The monoisotopic (exact) mass is 285 g/mol. The van der Waals surface area contributed by atoms with Gasteiger partial charge in [-0.05, 0) is 24.6 Å². The summed E-state index contributed by atoms with van der Waals surface area (Å²) in [7, 11) is 0. The zero-order valence-corrected chi connectivity index (χ0v) is 10.9. The summed E-state index contributed by atoms with van der Waals surface area (Å²) in [6, 6.07) is 0.245. The van der Waals surface area contributed by atoms with E-state index in [2.05, 4.69) is 5.32 Å². The summed E-state index contributed by atoms with van der Waals surface area (Å²) in [4.78, 5) is 0. The van der Waals surface area contributed by atoms with E-state index in [-0.39, 0.29) is 29.2 Å². The van der Waals surface area contributed by atoms with Crippen molar-refractivity contribution in [3.05, 3.63) is 0 Å². The highest BCUT2D eigenvalue weighted by molar-refractivity contribution is 8.00. The summed E-state index contributed by atoms with van der Waals surface area (Å²) in [5, 5.41) is 3.19. The Labute approximate surface area is 109 Å². The largest absolute Gasteiger partial charge is 0.441 e. The highest BCUT2D eigenvalue weighted by Gasteiger charge is 2.40. The third-order valence-corrected chi connectivity index (χ3v) is 4.10. The van der Waals surface area contributed by atoms with E-state index in [4.69, 9.17) is 9.47 Å². The van der Waals surface area contributed by atoms with Crippen LogP contribution in [0.2, 0.25) is 0 Å². The Morgan fingerprint density at radius 2 is 2.17 bits per heavy atom. The molecule has 2 rings (SSSR count). The number of thioether (sulfide) groups is 1. The minimum atomic E-state index is -4.13. The zero-order chi connectivity index (χ0) is 13.1. The van der Waals surface area contributed by atoms with Gasteiger partial charge in [0, 0.05) is 38.0 Å². The Balaban J connectivity index is 1.67. The summed E-state index contributed by atoms with van der Waals surface area (Å²) in [6.07, 6.45) is 2.59. The van der Waals surface area contributed by atoms with Gasteiger partial charge in [0.25, 0.3) is 0 Å². The standard InChI is InChI=1S/C11H18F3NO2S/c12-11(13,14)18-6-3-15-9-1-4-17-10(7-9)2-5-16-8-10/h9,15H,1-8H2. The summed E-state index contributed by atoms with van der Waals surface area (Å²) in [5.74, 6) is 0.0599. The third kappa shape index (κ3) is 4.29. The van der Waals surface area contributed by atoms with Gasteiger partial charge >= 0.3 is 5.51 Å². The van der Waals surface area contributed by atoms with E-state index < -0.39 is 5.51 Å². The molecule has 1 N–H and O–H groups in total. The van der Waals surface area contributed by atoms with Crippen LogP contribution in [0.4, 0.5) is 13.2 Å². The smallest absolute Gasteiger partial charge is 0.378 e. The van der Waals surface area contributed by atoms with Crippen molar-refractivity contribution in [2.24, 2.45) is 0 Å². The fourth-order valence-electron chi connectivity index (χ4n) is 2.50. The van der Waals surface area contributed by atoms with Gasteiger partial charge in [0.2, 0.25) is 0 Å². The average Bonchev–Trinajstić information content (AvgIpc) is 2.72. The molecular formula is C11H18F3NO2S. The molecule has 106 valence electrons. The SMILES string of the molecule is FC(F)(F)SCCNC1CCOC2(CCOC2)C1. The molecule has 3 nitrogen and oxygen atoms in total. The van der Waals surface area contributed by atoms with Crippen LogP contribution in [0.5, 0.6) is 0 Å². The molecular weight excluding hydrogens is 267 g/mol. The lowest BCUT2D eigenvalue weighted by Crippen LogP contribution is -2.48. The van der Waals surface area contributed by atoms with Crippen LogP contribution in [0.25, 0.3) is 0 Å². The van der Waals surface area contributed by atoms with Gasteiger partial charge in [-0.2, -0.15) is 13.2 Å². The van der Waals surface area contributed by atoms with Gasteiger partial charge in [-0.3, -0.25) is 0 Å². The lowest BCUT2D eigenvalue weighted by atomic mass is 9.90. The zero-order valence-electron chi connectivity index (χ0n) is 10.1. The maximum atomic E-state index is 12.0. The number of hydrogen-bond donors (Lipinski definition) is 1. The normalized spacial score (nSPS) is 33.2. The van der Waals surface area contributed by atoms with Gasteiger partial charge in [0.15, 0.2) is 0 Å². The van der Waals surface area contributed by atoms with Crippen LogP contribution in [-0.2, 0) is 9.47 Å². The predicted molar refractivity (Wildman–Crippen MR) is 63.7 cm³/mol. The Morgan fingerprint density at radius 3 is 2.83 bits per heavy atom. The van der Waals surface area contributed by atoms with Crippen LogP contribution in [0, 0.1) is 0 Å². The molecule has 2 heterocycles. The lowest BCUT2D eigenvalue weighted by Gasteiger charge is -2.37. The number of rotatable bonds is 4. The second kappa shape index (κ2) is 5.98. The minimum absolute atomic E-state index is 0.0275. The number of halogens is 3. The molecule has 2 aliphatic rings. The fourth-order valence-corrected chi connectivity index (χ4v) is 2.95. The van der Waals surface area contributed by atoms with Gasteiger partial charge in [-0.25, -0.2) is 0 Å². The summed E-state index contributed by atoms with van der Waals surface area (Å²) < 4.78 is 47.0. The summed E-state index contributed by atoms with van der Waals surface area (Å²) >= 11 is 0.0275. The molecule has 18 heavy (non-hydrogen) atoms. The van der Waals surface area contributed by atoms with Crippen LogP contribution in [0.15, 0.2) is 0 Å². The molecule has 1 spiro atoms. The Kier molecular flexibility index (Phi) is 4.80. The molecule has 7 heteroatoms. The van der Waals surface area contributed by atoms with Crippen molar-refractivity contribution in [1.82, 2.24) is 5.32 Å². The summed E-state index contributed by atoms with van der Waals surface area (Å²) in [6.45, 7) is 2.37. The van der Waals surface area contributed by atoms with Gasteiger partial charge in [0.1, 0.15) is 0 Å². The van der Waals surface area contributed by atoms with Crippen LogP contribution < -0.4 is 5.32 Å². The van der Waals surface area contributed by atoms with E-state index in [1.165, 1.54) is 0 Å². The van der Waals surface area contributed by atoms with E-state index in [9.17, 15) is 13.2 Å². The quantitative estimate of drug-likeness (QED) is 0.802. The van der Waals surface area contributed by atoms with Crippen LogP contribution in [0.1, 0.15) is 19.3 Å². The van der Waals surface area contributed by atoms with Crippen molar-refractivity contribution in [1.29, 1.82) is 0 Å².